The summed E-state index contributed by atoms with van der Waals surface area (Å²) in [7, 11) is 0. The average molecular weight is 372 g/mol. The number of amides is 1. The van der Waals surface area contributed by atoms with E-state index in [9.17, 15) is 4.79 Å². The van der Waals surface area contributed by atoms with Gasteiger partial charge in [0.05, 0.1) is 18.1 Å². The van der Waals surface area contributed by atoms with Crippen molar-refractivity contribution in [1.29, 1.82) is 0 Å². The number of allylic oxidation sites excluding steroid dienone is 1. The highest BCUT2D eigenvalue weighted by molar-refractivity contribution is 8.13. The molecule has 0 bridgehead atoms. The fourth-order valence-corrected chi connectivity index (χ4v) is 4.16. The van der Waals surface area contributed by atoms with Gasteiger partial charge in [-0.3, -0.25) is 9.79 Å². The predicted molar refractivity (Wildman–Crippen MR) is 109 cm³/mol. The first-order valence-corrected chi connectivity index (χ1v) is 9.89. The Labute approximate surface area is 158 Å². The van der Waals surface area contributed by atoms with Gasteiger partial charge in [-0.1, -0.05) is 36.1 Å². The van der Waals surface area contributed by atoms with E-state index in [0.717, 1.165) is 29.2 Å². The van der Waals surface area contributed by atoms with Crippen molar-refractivity contribution in [2.75, 3.05) is 17.7 Å². The highest BCUT2D eigenvalue weighted by Gasteiger charge is 2.32. The first-order valence-electron chi connectivity index (χ1n) is 8.91. The minimum atomic E-state index is -0.348. The summed E-state index contributed by atoms with van der Waals surface area (Å²) in [4.78, 5) is 17.4. The summed E-state index contributed by atoms with van der Waals surface area (Å²) in [5.74, 6) is 1.46. The zero-order valence-corrected chi connectivity index (χ0v) is 16.0. The van der Waals surface area contributed by atoms with E-state index >= 15 is 0 Å². The highest BCUT2D eigenvalue weighted by atomic mass is 32.2. The molecular weight excluding hydrogens is 346 g/mol. The van der Waals surface area contributed by atoms with Crippen LogP contribution in [0.3, 0.4) is 0 Å². The number of benzene rings is 1. The maximum absolute atomic E-state index is 12.7. The van der Waals surface area contributed by atoms with Gasteiger partial charge in [-0.05, 0) is 44.4 Å². The molecule has 2 atom stereocenters. The predicted octanol–water partition coefficient (Wildman–Crippen LogP) is 3.74. The molecule has 1 aliphatic heterocycles. The van der Waals surface area contributed by atoms with Gasteiger partial charge in [-0.15, -0.1) is 0 Å². The quantitative estimate of drug-likeness (QED) is 0.827. The van der Waals surface area contributed by atoms with E-state index in [1.165, 1.54) is 0 Å². The normalized spacial score (nSPS) is 25.2. The molecule has 1 aliphatic carbocycles. The summed E-state index contributed by atoms with van der Waals surface area (Å²) in [6.07, 6.45) is 7.76. The van der Waals surface area contributed by atoms with Crippen LogP contribution >= 0.6 is 11.8 Å². The number of amidine groups is 1. The van der Waals surface area contributed by atoms with E-state index in [-0.39, 0.29) is 17.4 Å². The van der Waals surface area contributed by atoms with Crippen molar-refractivity contribution in [3.8, 4) is 5.75 Å². The van der Waals surface area contributed by atoms with Crippen molar-refractivity contribution >= 4 is 28.5 Å². The summed E-state index contributed by atoms with van der Waals surface area (Å²) in [5, 5.41) is 3.61. The Hall–Kier alpha value is -2.21. The number of aliphatic imine (C=N–C) groups is 1. The highest BCUT2D eigenvalue weighted by Crippen LogP contribution is 2.35. The molecule has 3 rings (SSSR count). The Morgan fingerprint density at radius 2 is 2.35 bits per heavy atom. The number of hydrogen-bond donors (Lipinski definition) is 2. The van der Waals surface area contributed by atoms with Crippen LogP contribution in [0.15, 0.2) is 53.1 Å². The van der Waals surface area contributed by atoms with E-state index in [0.29, 0.717) is 18.2 Å². The van der Waals surface area contributed by atoms with Gasteiger partial charge in [0, 0.05) is 17.5 Å². The van der Waals surface area contributed by atoms with Gasteiger partial charge in [0.2, 0.25) is 5.91 Å². The third-order valence-corrected chi connectivity index (χ3v) is 5.43. The van der Waals surface area contributed by atoms with Crippen molar-refractivity contribution < 1.29 is 9.53 Å². The lowest BCUT2D eigenvalue weighted by atomic mass is 9.83. The molecule has 1 aromatic carbocycles. The molecule has 1 aromatic rings. The van der Waals surface area contributed by atoms with Gasteiger partial charge in [-0.2, -0.15) is 0 Å². The molecule has 0 spiro atoms. The molecule has 2 unspecified atom stereocenters. The fraction of sp³-hybridized carbons (Fsp3) is 0.400. The van der Waals surface area contributed by atoms with Crippen molar-refractivity contribution in [2.24, 2.45) is 16.6 Å². The largest absolute Gasteiger partial charge is 0.494 e. The molecule has 0 radical (unpaired) electrons. The molecule has 26 heavy (non-hydrogen) atoms. The molecule has 5 nitrogen and oxygen atoms in total. The first kappa shape index (κ1) is 18.6. The van der Waals surface area contributed by atoms with Crippen molar-refractivity contribution in [1.82, 2.24) is 0 Å². The molecule has 0 aromatic heterocycles. The standard InChI is InChI=1S/C20H25N3O2S/c1-3-25-17-9-5-8-16(13-17)22-18(24)14-6-4-7-15(12-14)20(2)10-11-26-19(21)23-20/h4-5,7-9,12-14H,3,6,10-11H2,1-2H3,(H2,21,23)(H,22,24). The minimum Gasteiger partial charge on any atom is -0.494 e. The van der Waals surface area contributed by atoms with Gasteiger partial charge in [0.1, 0.15) is 5.75 Å². The molecule has 3 N–H and O–H groups in total. The second-order valence-corrected chi connectivity index (χ2v) is 7.75. The number of carbonyl (C=O) groups excluding carboxylic acids is 1. The summed E-state index contributed by atoms with van der Waals surface area (Å²) in [6, 6.07) is 7.47. The van der Waals surface area contributed by atoms with E-state index in [4.69, 9.17) is 10.5 Å². The lowest BCUT2D eigenvalue weighted by Crippen LogP contribution is -2.34. The number of hydrogen-bond acceptors (Lipinski definition) is 5. The smallest absolute Gasteiger partial charge is 0.231 e. The molecule has 6 heteroatoms. The number of nitrogens with two attached hydrogens (primary N) is 1. The van der Waals surface area contributed by atoms with Crippen LogP contribution in [-0.4, -0.2) is 29.0 Å². The third kappa shape index (κ3) is 4.30. The maximum Gasteiger partial charge on any atom is 0.231 e. The molecule has 0 saturated heterocycles. The number of thioether (sulfide) groups is 1. The second kappa shape index (κ2) is 7.99. The Morgan fingerprint density at radius 1 is 1.50 bits per heavy atom. The number of nitrogens with one attached hydrogen (secondary N) is 1. The van der Waals surface area contributed by atoms with Crippen molar-refractivity contribution in [2.45, 2.75) is 32.2 Å². The van der Waals surface area contributed by atoms with Crippen LogP contribution in [0.2, 0.25) is 0 Å². The molecule has 138 valence electrons. The van der Waals surface area contributed by atoms with E-state index in [1.54, 1.807) is 11.8 Å². The van der Waals surface area contributed by atoms with Crippen LogP contribution in [-0.2, 0) is 4.79 Å². The first-order chi connectivity index (χ1) is 12.5. The van der Waals surface area contributed by atoms with Gasteiger partial charge < -0.3 is 15.8 Å². The van der Waals surface area contributed by atoms with E-state index in [2.05, 4.69) is 29.4 Å². The summed E-state index contributed by atoms with van der Waals surface area (Å²) >= 11 is 1.58. The van der Waals surface area contributed by atoms with Crippen LogP contribution in [0.1, 0.15) is 26.7 Å². The van der Waals surface area contributed by atoms with Crippen molar-refractivity contribution in [3.63, 3.8) is 0 Å². The van der Waals surface area contributed by atoms with Crippen LogP contribution in [0, 0.1) is 5.92 Å². The SMILES string of the molecule is CCOc1cccc(NC(=O)C2C=C(C3(C)CCSC(N)=N3)C=CC2)c1. The van der Waals surface area contributed by atoms with Crippen LogP contribution in [0.5, 0.6) is 5.75 Å². The molecule has 2 aliphatic rings. The summed E-state index contributed by atoms with van der Waals surface area (Å²) in [5.41, 5.74) is 7.38. The van der Waals surface area contributed by atoms with E-state index < -0.39 is 0 Å². The topological polar surface area (TPSA) is 76.7 Å². The fourth-order valence-electron chi connectivity index (χ4n) is 3.18. The van der Waals surface area contributed by atoms with Crippen LogP contribution in [0.25, 0.3) is 0 Å². The number of rotatable bonds is 5. The number of ether oxygens (including phenoxy) is 1. The Balaban J connectivity index is 1.74. The Morgan fingerprint density at radius 3 is 3.12 bits per heavy atom. The Kier molecular flexibility index (Phi) is 5.71. The van der Waals surface area contributed by atoms with Crippen molar-refractivity contribution in [3.05, 3.63) is 48.1 Å². The average Bonchev–Trinajstić information content (AvgIpc) is 2.62. The van der Waals surface area contributed by atoms with Gasteiger partial charge in [-0.25, -0.2) is 0 Å². The minimum absolute atomic E-state index is 0.0220. The number of nitrogens with zero attached hydrogens (tertiary/aromatic N) is 1. The lowest BCUT2D eigenvalue weighted by Gasteiger charge is -2.32. The maximum atomic E-state index is 12.7. The van der Waals surface area contributed by atoms with Crippen LogP contribution < -0.4 is 15.8 Å². The lowest BCUT2D eigenvalue weighted by molar-refractivity contribution is -0.118. The zero-order valence-electron chi connectivity index (χ0n) is 15.2. The molecule has 0 saturated carbocycles. The molecule has 1 heterocycles. The van der Waals surface area contributed by atoms with Gasteiger partial charge in [0.15, 0.2) is 5.17 Å². The summed E-state index contributed by atoms with van der Waals surface area (Å²) in [6.45, 7) is 4.62. The third-order valence-electron chi connectivity index (χ3n) is 4.64. The summed E-state index contributed by atoms with van der Waals surface area (Å²) < 4.78 is 5.49. The molecule has 1 amide bonds. The molecule has 0 fully saturated rings. The van der Waals surface area contributed by atoms with E-state index in [1.807, 2.05) is 37.3 Å². The zero-order chi connectivity index (χ0) is 18.6. The molecular formula is C20H25N3O2S. The van der Waals surface area contributed by atoms with Crippen LogP contribution in [0.4, 0.5) is 5.69 Å². The second-order valence-electron chi connectivity index (χ2n) is 6.64. The van der Waals surface area contributed by atoms with Gasteiger partial charge >= 0.3 is 0 Å². The Bertz CT molecular complexity index is 772. The number of anilines is 1. The van der Waals surface area contributed by atoms with Gasteiger partial charge in [0.25, 0.3) is 0 Å². The number of carbonyl (C=O) groups is 1. The monoisotopic (exact) mass is 371 g/mol.